The molecule has 0 saturated carbocycles. The quantitative estimate of drug-likeness (QED) is 0.695. The van der Waals surface area contributed by atoms with Crippen molar-refractivity contribution in [2.75, 3.05) is 5.32 Å². The van der Waals surface area contributed by atoms with E-state index in [4.69, 9.17) is 23.2 Å². The zero-order valence-corrected chi connectivity index (χ0v) is 13.1. The fraction of sp³-hybridized carbons (Fsp3) is 0. The van der Waals surface area contributed by atoms with E-state index < -0.39 is 11.7 Å². The number of carbonyl (C=O) groups is 1. The first-order chi connectivity index (χ1) is 8.97. The molecule has 2 aromatic carbocycles. The second-order valence-electron chi connectivity index (χ2n) is 3.71. The topological polar surface area (TPSA) is 29.1 Å². The van der Waals surface area contributed by atoms with Gasteiger partial charge in [-0.3, -0.25) is 4.79 Å². The standard InChI is InChI=1S/C13H7Cl2FINO/c14-9-5-7(1-3-11(9)16)13(19)18-12-4-2-8(17)6-10(12)15/h1-6H,(H,18,19). The van der Waals surface area contributed by atoms with Gasteiger partial charge in [0.2, 0.25) is 0 Å². The lowest BCUT2D eigenvalue weighted by Crippen LogP contribution is -2.12. The molecule has 0 saturated heterocycles. The van der Waals surface area contributed by atoms with Crippen molar-refractivity contribution in [3.63, 3.8) is 0 Å². The maximum absolute atomic E-state index is 13.0. The van der Waals surface area contributed by atoms with E-state index in [0.29, 0.717) is 10.7 Å². The van der Waals surface area contributed by atoms with E-state index in [1.165, 1.54) is 12.1 Å². The van der Waals surface area contributed by atoms with E-state index in [2.05, 4.69) is 27.9 Å². The Labute approximate surface area is 133 Å². The summed E-state index contributed by atoms with van der Waals surface area (Å²) in [4.78, 5) is 12.0. The molecular formula is C13H7Cl2FINO. The summed E-state index contributed by atoms with van der Waals surface area (Å²) < 4.78 is 14.0. The molecule has 19 heavy (non-hydrogen) atoms. The molecule has 0 unspecified atom stereocenters. The van der Waals surface area contributed by atoms with Gasteiger partial charge in [-0.1, -0.05) is 23.2 Å². The van der Waals surface area contributed by atoms with E-state index in [-0.39, 0.29) is 10.6 Å². The van der Waals surface area contributed by atoms with Crippen LogP contribution < -0.4 is 5.32 Å². The molecule has 2 nitrogen and oxygen atoms in total. The molecule has 6 heteroatoms. The number of anilines is 1. The van der Waals surface area contributed by atoms with Gasteiger partial charge in [0.15, 0.2) is 0 Å². The lowest BCUT2D eigenvalue weighted by Gasteiger charge is -2.08. The van der Waals surface area contributed by atoms with Crippen LogP contribution in [0.15, 0.2) is 36.4 Å². The van der Waals surface area contributed by atoms with Crippen LogP contribution in [0.2, 0.25) is 10.0 Å². The number of nitrogens with one attached hydrogen (secondary N) is 1. The Morgan fingerprint density at radius 3 is 2.47 bits per heavy atom. The number of halogens is 4. The van der Waals surface area contributed by atoms with Crippen LogP contribution >= 0.6 is 45.8 Å². The molecule has 1 N–H and O–H groups in total. The molecular weight excluding hydrogens is 403 g/mol. The highest BCUT2D eigenvalue weighted by molar-refractivity contribution is 14.1. The van der Waals surface area contributed by atoms with E-state index in [1.807, 2.05) is 6.07 Å². The predicted octanol–water partition coefficient (Wildman–Crippen LogP) is 4.99. The maximum Gasteiger partial charge on any atom is 0.255 e. The normalized spacial score (nSPS) is 10.3. The SMILES string of the molecule is O=C(Nc1ccc(I)cc1Cl)c1ccc(F)c(Cl)c1. The number of rotatable bonds is 2. The van der Waals surface area contributed by atoms with E-state index in [1.54, 1.807) is 12.1 Å². The number of amides is 1. The van der Waals surface area contributed by atoms with Crippen LogP contribution in [0.3, 0.4) is 0 Å². The lowest BCUT2D eigenvalue weighted by molar-refractivity contribution is 0.102. The largest absolute Gasteiger partial charge is 0.321 e. The fourth-order valence-corrected chi connectivity index (χ4v) is 2.51. The zero-order chi connectivity index (χ0) is 14.0. The van der Waals surface area contributed by atoms with Crippen LogP contribution in [0.1, 0.15) is 10.4 Å². The highest BCUT2D eigenvalue weighted by Crippen LogP contribution is 2.25. The van der Waals surface area contributed by atoms with Gasteiger partial charge in [-0.2, -0.15) is 0 Å². The molecule has 1 amide bonds. The van der Waals surface area contributed by atoms with E-state index in [0.717, 1.165) is 9.64 Å². The molecule has 0 atom stereocenters. The number of benzene rings is 2. The molecule has 0 spiro atoms. The summed E-state index contributed by atoms with van der Waals surface area (Å²) in [6.45, 7) is 0. The molecule has 0 aliphatic carbocycles. The fourth-order valence-electron chi connectivity index (χ4n) is 1.42. The predicted molar refractivity (Wildman–Crippen MR) is 83.5 cm³/mol. The molecule has 0 aliphatic rings. The Bertz CT molecular complexity index is 649. The van der Waals surface area contributed by atoms with Gasteiger partial charge in [-0.25, -0.2) is 4.39 Å². The van der Waals surface area contributed by atoms with Crippen LogP contribution in [0.25, 0.3) is 0 Å². The first kappa shape index (κ1) is 14.6. The Hall–Kier alpha value is -0.850. The van der Waals surface area contributed by atoms with Gasteiger partial charge in [0.05, 0.1) is 15.7 Å². The van der Waals surface area contributed by atoms with Crippen LogP contribution in [0.5, 0.6) is 0 Å². The highest BCUT2D eigenvalue weighted by atomic mass is 127. The van der Waals surface area contributed by atoms with Crippen molar-refractivity contribution in [3.8, 4) is 0 Å². The molecule has 0 radical (unpaired) electrons. The smallest absolute Gasteiger partial charge is 0.255 e. The van der Waals surface area contributed by atoms with E-state index >= 15 is 0 Å². The minimum atomic E-state index is -0.564. The Morgan fingerprint density at radius 2 is 1.84 bits per heavy atom. The molecule has 0 bridgehead atoms. The summed E-state index contributed by atoms with van der Waals surface area (Å²) in [6, 6.07) is 9.03. The van der Waals surface area contributed by atoms with Gasteiger partial charge in [0.25, 0.3) is 5.91 Å². The molecule has 0 aromatic heterocycles. The molecule has 0 fully saturated rings. The van der Waals surface area contributed by atoms with Crippen molar-refractivity contribution in [3.05, 3.63) is 61.4 Å². The van der Waals surface area contributed by atoms with Crippen molar-refractivity contribution < 1.29 is 9.18 Å². The maximum atomic E-state index is 13.0. The van der Waals surface area contributed by atoms with Crippen molar-refractivity contribution in [2.24, 2.45) is 0 Å². The monoisotopic (exact) mass is 409 g/mol. The van der Waals surface area contributed by atoms with Crippen LogP contribution in [0.4, 0.5) is 10.1 Å². The summed E-state index contributed by atoms with van der Waals surface area (Å²) in [7, 11) is 0. The summed E-state index contributed by atoms with van der Waals surface area (Å²) in [5, 5.41) is 2.99. The van der Waals surface area contributed by atoms with Crippen molar-refractivity contribution in [1.29, 1.82) is 0 Å². The Morgan fingerprint density at radius 1 is 1.11 bits per heavy atom. The van der Waals surface area contributed by atoms with Gasteiger partial charge >= 0.3 is 0 Å². The van der Waals surface area contributed by atoms with Gasteiger partial charge < -0.3 is 5.32 Å². The first-order valence-corrected chi connectivity index (χ1v) is 7.02. The number of hydrogen-bond acceptors (Lipinski definition) is 1. The minimum absolute atomic E-state index is 0.0960. The Kier molecular flexibility index (Phi) is 4.65. The summed E-state index contributed by atoms with van der Waals surface area (Å²) in [5.41, 5.74) is 0.758. The third-order valence-electron chi connectivity index (χ3n) is 2.36. The van der Waals surface area contributed by atoms with E-state index in [9.17, 15) is 9.18 Å². The highest BCUT2D eigenvalue weighted by Gasteiger charge is 2.10. The third-order valence-corrected chi connectivity index (χ3v) is 3.63. The Balaban J connectivity index is 2.23. The van der Waals surface area contributed by atoms with Gasteiger partial charge in [-0.05, 0) is 59.0 Å². The summed E-state index contributed by atoms with van der Waals surface area (Å²) >= 11 is 13.8. The van der Waals surface area contributed by atoms with Gasteiger partial charge in [0.1, 0.15) is 5.82 Å². The molecule has 0 aliphatic heterocycles. The summed E-state index contributed by atoms with van der Waals surface area (Å²) in [5.74, 6) is -0.962. The van der Waals surface area contributed by atoms with Crippen molar-refractivity contribution in [1.82, 2.24) is 0 Å². The van der Waals surface area contributed by atoms with Crippen LogP contribution in [0, 0.1) is 9.39 Å². The summed E-state index contributed by atoms with van der Waals surface area (Å²) in [6.07, 6.45) is 0. The molecule has 98 valence electrons. The average Bonchev–Trinajstić information content (AvgIpc) is 2.36. The van der Waals surface area contributed by atoms with Gasteiger partial charge in [0, 0.05) is 9.13 Å². The second-order valence-corrected chi connectivity index (χ2v) is 5.77. The minimum Gasteiger partial charge on any atom is -0.321 e. The first-order valence-electron chi connectivity index (χ1n) is 5.19. The van der Waals surface area contributed by atoms with Crippen LogP contribution in [-0.2, 0) is 0 Å². The lowest BCUT2D eigenvalue weighted by atomic mass is 10.2. The van der Waals surface area contributed by atoms with Crippen molar-refractivity contribution >= 4 is 57.4 Å². The van der Waals surface area contributed by atoms with Crippen molar-refractivity contribution in [2.45, 2.75) is 0 Å². The number of hydrogen-bond donors (Lipinski definition) is 1. The molecule has 2 rings (SSSR count). The second kappa shape index (κ2) is 6.07. The number of carbonyl (C=O) groups excluding carboxylic acids is 1. The molecule has 2 aromatic rings. The van der Waals surface area contributed by atoms with Gasteiger partial charge in [-0.15, -0.1) is 0 Å². The van der Waals surface area contributed by atoms with Crippen LogP contribution in [-0.4, -0.2) is 5.91 Å². The zero-order valence-electron chi connectivity index (χ0n) is 9.38. The third kappa shape index (κ3) is 3.58. The average molecular weight is 410 g/mol. The molecule has 0 heterocycles.